The third kappa shape index (κ3) is 3.01. The van der Waals surface area contributed by atoms with Crippen molar-refractivity contribution in [1.29, 1.82) is 0 Å². The van der Waals surface area contributed by atoms with Crippen molar-refractivity contribution in [3.63, 3.8) is 0 Å². The van der Waals surface area contributed by atoms with Gasteiger partial charge in [0.25, 0.3) is 0 Å². The SMILES string of the molecule is CC1(OCc2ccccn2)CCCNC1. The normalized spacial score (nSPS) is 26.5. The fourth-order valence-corrected chi connectivity index (χ4v) is 1.88. The summed E-state index contributed by atoms with van der Waals surface area (Å²) in [7, 11) is 0. The van der Waals surface area contributed by atoms with Crippen molar-refractivity contribution in [2.45, 2.75) is 32.0 Å². The van der Waals surface area contributed by atoms with Crippen molar-refractivity contribution in [1.82, 2.24) is 10.3 Å². The van der Waals surface area contributed by atoms with Gasteiger partial charge in [0.1, 0.15) is 0 Å². The molecule has 0 aromatic carbocycles. The average molecular weight is 206 g/mol. The smallest absolute Gasteiger partial charge is 0.0895 e. The number of piperidine rings is 1. The van der Waals surface area contributed by atoms with Crippen molar-refractivity contribution in [2.75, 3.05) is 13.1 Å². The predicted molar refractivity (Wildman–Crippen MR) is 59.5 cm³/mol. The number of pyridine rings is 1. The molecule has 0 amide bonds. The van der Waals surface area contributed by atoms with Gasteiger partial charge in [0.15, 0.2) is 0 Å². The van der Waals surface area contributed by atoms with Crippen LogP contribution < -0.4 is 5.32 Å². The summed E-state index contributed by atoms with van der Waals surface area (Å²) in [6.45, 7) is 4.84. The quantitative estimate of drug-likeness (QED) is 0.818. The molecule has 2 rings (SSSR count). The minimum absolute atomic E-state index is 0.0181. The molecule has 3 nitrogen and oxygen atoms in total. The summed E-state index contributed by atoms with van der Waals surface area (Å²) in [5.41, 5.74) is 0.986. The molecule has 1 saturated heterocycles. The van der Waals surface area contributed by atoms with Crippen LogP contribution in [0.5, 0.6) is 0 Å². The van der Waals surface area contributed by atoms with Crippen molar-refractivity contribution in [2.24, 2.45) is 0 Å². The maximum absolute atomic E-state index is 5.93. The highest BCUT2D eigenvalue weighted by atomic mass is 16.5. The molecular weight excluding hydrogens is 188 g/mol. The van der Waals surface area contributed by atoms with Crippen molar-refractivity contribution < 1.29 is 4.74 Å². The first-order valence-electron chi connectivity index (χ1n) is 5.53. The Hall–Kier alpha value is -0.930. The molecule has 1 fully saturated rings. The summed E-state index contributed by atoms with van der Waals surface area (Å²) in [6.07, 6.45) is 4.13. The van der Waals surface area contributed by atoms with Gasteiger partial charge >= 0.3 is 0 Å². The first kappa shape index (κ1) is 10.6. The minimum atomic E-state index is -0.0181. The molecular formula is C12H18N2O. The van der Waals surface area contributed by atoms with E-state index in [-0.39, 0.29) is 5.60 Å². The van der Waals surface area contributed by atoms with Crippen LogP contribution in [0.4, 0.5) is 0 Å². The maximum Gasteiger partial charge on any atom is 0.0895 e. The molecule has 0 saturated carbocycles. The third-order valence-corrected chi connectivity index (χ3v) is 2.85. The molecule has 15 heavy (non-hydrogen) atoms. The van der Waals surface area contributed by atoms with E-state index in [1.54, 1.807) is 6.20 Å². The van der Waals surface area contributed by atoms with Gasteiger partial charge in [-0.25, -0.2) is 0 Å². The van der Waals surface area contributed by atoms with Crippen molar-refractivity contribution in [3.8, 4) is 0 Å². The van der Waals surface area contributed by atoms with E-state index in [9.17, 15) is 0 Å². The molecule has 0 bridgehead atoms. The zero-order valence-corrected chi connectivity index (χ0v) is 9.20. The lowest BCUT2D eigenvalue weighted by Crippen LogP contribution is -2.45. The highest BCUT2D eigenvalue weighted by Gasteiger charge is 2.27. The molecule has 1 atom stereocenters. The van der Waals surface area contributed by atoms with E-state index in [2.05, 4.69) is 17.2 Å². The van der Waals surface area contributed by atoms with Gasteiger partial charge in [-0.2, -0.15) is 0 Å². The lowest BCUT2D eigenvalue weighted by Gasteiger charge is -2.34. The van der Waals surface area contributed by atoms with E-state index in [1.807, 2.05) is 18.2 Å². The number of nitrogens with one attached hydrogen (secondary N) is 1. The first-order chi connectivity index (χ1) is 7.29. The molecule has 1 aromatic heterocycles. The number of hydrogen-bond acceptors (Lipinski definition) is 3. The Morgan fingerprint density at radius 3 is 3.13 bits per heavy atom. The van der Waals surface area contributed by atoms with E-state index in [0.717, 1.165) is 25.2 Å². The van der Waals surface area contributed by atoms with Crippen LogP contribution in [0.2, 0.25) is 0 Å². The number of ether oxygens (including phenoxy) is 1. The topological polar surface area (TPSA) is 34.1 Å². The van der Waals surface area contributed by atoms with Crippen LogP contribution in [0, 0.1) is 0 Å². The number of rotatable bonds is 3. The van der Waals surface area contributed by atoms with Crippen LogP contribution in [0.1, 0.15) is 25.5 Å². The predicted octanol–water partition coefficient (Wildman–Crippen LogP) is 1.74. The highest BCUT2D eigenvalue weighted by Crippen LogP contribution is 2.21. The summed E-state index contributed by atoms with van der Waals surface area (Å²) in [4.78, 5) is 4.25. The van der Waals surface area contributed by atoms with Crippen LogP contribution in [0.15, 0.2) is 24.4 Å². The summed E-state index contributed by atoms with van der Waals surface area (Å²) < 4.78 is 5.93. The lowest BCUT2D eigenvalue weighted by molar-refractivity contribution is -0.0583. The molecule has 3 heteroatoms. The Bertz CT molecular complexity index is 294. The maximum atomic E-state index is 5.93. The molecule has 82 valence electrons. The van der Waals surface area contributed by atoms with Crippen LogP contribution in [-0.4, -0.2) is 23.7 Å². The second kappa shape index (κ2) is 4.73. The van der Waals surface area contributed by atoms with Crippen molar-refractivity contribution >= 4 is 0 Å². The second-order valence-corrected chi connectivity index (χ2v) is 4.34. The zero-order chi connectivity index (χ0) is 10.6. The molecule has 0 aliphatic carbocycles. The van der Waals surface area contributed by atoms with Gasteiger partial charge in [-0.1, -0.05) is 6.07 Å². The van der Waals surface area contributed by atoms with Crippen molar-refractivity contribution in [3.05, 3.63) is 30.1 Å². The molecule has 1 aromatic rings. The average Bonchev–Trinajstić information content (AvgIpc) is 2.29. The third-order valence-electron chi connectivity index (χ3n) is 2.85. The van der Waals surface area contributed by atoms with E-state index in [0.29, 0.717) is 6.61 Å². The second-order valence-electron chi connectivity index (χ2n) is 4.34. The van der Waals surface area contributed by atoms with Gasteiger partial charge in [-0.3, -0.25) is 4.98 Å². The van der Waals surface area contributed by atoms with Gasteiger partial charge in [0, 0.05) is 12.7 Å². The molecule has 1 aliphatic rings. The summed E-state index contributed by atoms with van der Waals surface area (Å²) in [5, 5.41) is 3.37. The summed E-state index contributed by atoms with van der Waals surface area (Å²) in [6, 6.07) is 5.92. The van der Waals surface area contributed by atoms with Crippen LogP contribution in [-0.2, 0) is 11.3 Å². The zero-order valence-electron chi connectivity index (χ0n) is 9.20. The van der Waals surface area contributed by atoms with Gasteiger partial charge in [0.05, 0.1) is 17.9 Å². The molecule has 0 radical (unpaired) electrons. The largest absolute Gasteiger partial charge is 0.368 e. The van der Waals surface area contributed by atoms with Gasteiger partial charge in [-0.05, 0) is 38.4 Å². The lowest BCUT2D eigenvalue weighted by atomic mass is 9.96. The number of hydrogen-bond donors (Lipinski definition) is 1. The number of nitrogens with zero attached hydrogens (tertiary/aromatic N) is 1. The van der Waals surface area contributed by atoms with Crippen LogP contribution >= 0.6 is 0 Å². The Labute approximate surface area is 90.9 Å². The fraction of sp³-hybridized carbons (Fsp3) is 0.583. The Morgan fingerprint density at radius 1 is 1.53 bits per heavy atom. The van der Waals surface area contributed by atoms with Crippen LogP contribution in [0.25, 0.3) is 0 Å². The summed E-state index contributed by atoms with van der Waals surface area (Å²) >= 11 is 0. The Kier molecular flexibility index (Phi) is 3.34. The highest BCUT2D eigenvalue weighted by molar-refractivity contribution is 5.02. The van der Waals surface area contributed by atoms with E-state index >= 15 is 0 Å². The van der Waals surface area contributed by atoms with E-state index < -0.39 is 0 Å². The van der Waals surface area contributed by atoms with E-state index in [1.165, 1.54) is 6.42 Å². The van der Waals surface area contributed by atoms with Gasteiger partial charge in [0.2, 0.25) is 0 Å². The van der Waals surface area contributed by atoms with E-state index in [4.69, 9.17) is 4.74 Å². The molecule has 1 N–H and O–H groups in total. The van der Waals surface area contributed by atoms with Gasteiger partial charge < -0.3 is 10.1 Å². The van der Waals surface area contributed by atoms with Crippen LogP contribution in [0.3, 0.4) is 0 Å². The Balaban J connectivity index is 1.87. The molecule has 1 aliphatic heterocycles. The molecule has 2 heterocycles. The minimum Gasteiger partial charge on any atom is -0.368 e. The fourth-order valence-electron chi connectivity index (χ4n) is 1.88. The van der Waals surface area contributed by atoms with Gasteiger partial charge in [-0.15, -0.1) is 0 Å². The monoisotopic (exact) mass is 206 g/mol. The Morgan fingerprint density at radius 2 is 2.47 bits per heavy atom. The summed E-state index contributed by atoms with van der Waals surface area (Å²) in [5.74, 6) is 0. The standard InChI is InChI=1S/C12H18N2O/c1-12(6-4-7-13-10-12)15-9-11-5-2-3-8-14-11/h2-3,5,8,13H,4,6-7,9-10H2,1H3. The molecule has 1 unspecified atom stereocenters. The first-order valence-corrected chi connectivity index (χ1v) is 5.53. The number of aromatic nitrogens is 1. The molecule has 0 spiro atoms.